The molecule has 21 heavy (non-hydrogen) atoms. The highest BCUT2D eigenvalue weighted by molar-refractivity contribution is 7.89. The summed E-state index contributed by atoms with van der Waals surface area (Å²) in [4.78, 5) is 0.418. The van der Waals surface area contributed by atoms with Crippen LogP contribution in [-0.4, -0.2) is 21.0 Å². The van der Waals surface area contributed by atoms with E-state index in [1.807, 2.05) is 12.1 Å². The number of benzene rings is 1. The van der Waals surface area contributed by atoms with Crippen molar-refractivity contribution in [2.24, 2.45) is 11.8 Å². The molecule has 0 spiro atoms. The van der Waals surface area contributed by atoms with Crippen molar-refractivity contribution in [3.8, 4) is 0 Å². The highest BCUT2D eigenvalue weighted by Crippen LogP contribution is 2.36. The second-order valence-corrected chi connectivity index (χ2v) is 8.16. The molecule has 0 aliphatic heterocycles. The van der Waals surface area contributed by atoms with Gasteiger partial charge in [-0.2, -0.15) is 0 Å². The van der Waals surface area contributed by atoms with E-state index in [2.05, 4.69) is 17.0 Å². The molecule has 2 fully saturated rings. The van der Waals surface area contributed by atoms with Gasteiger partial charge in [0.1, 0.15) is 0 Å². The lowest BCUT2D eigenvalue weighted by atomic mass is 10.1. The van der Waals surface area contributed by atoms with Gasteiger partial charge in [-0.1, -0.05) is 25.1 Å². The standard InChI is InChI=1S/C16H24N2O2S/c1-12(13-6-7-13)10-18-21(19,20)16-5-3-2-4-14(16)11-17-15-8-9-15/h2-5,12-13,15,17-18H,6-11H2,1H3. The molecule has 2 saturated carbocycles. The minimum atomic E-state index is -3.41. The molecule has 2 N–H and O–H groups in total. The average Bonchev–Trinajstić information content (AvgIpc) is 3.36. The first-order chi connectivity index (χ1) is 10.1. The summed E-state index contributed by atoms with van der Waals surface area (Å²) in [6.07, 6.45) is 4.88. The zero-order chi connectivity index (χ0) is 14.9. The molecule has 1 unspecified atom stereocenters. The van der Waals surface area contributed by atoms with Gasteiger partial charge in [0.15, 0.2) is 0 Å². The summed E-state index contributed by atoms with van der Waals surface area (Å²) in [6, 6.07) is 7.86. The van der Waals surface area contributed by atoms with E-state index in [1.165, 1.54) is 25.7 Å². The Bertz CT molecular complexity index is 592. The van der Waals surface area contributed by atoms with Crippen molar-refractivity contribution in [1.82, 2.24) is 10.0 Å². The number of rotatable bonds is 8. The number of sulfonamides is 1. The maximum Gasteiger partial charge on any atom is 0.240 e. The molecule has 0 amide bonds. The van der Waals surface area contributed by atoms with Gasteiger partial charge in [-0.05, 0) is 49.1 Å². The summed E-state index contributed by atoms with van der Waals surface area (Å²) < 4.78 is 27.8. The number of hydrogen-bond acceptors (Lipinski definition) is 3. The van der Waals surface area contributed by atoms with Crippen molar-refractivity contribution >= 4 is 10.0 Å². The molecule has 5 heteroatoms. The van der Waals surface area contributed by atoms with E-state index in [-0.39, 0.29) is 0 Å². The molecule has 2 aliphatic rings. The van der Waals surface area contributed by atoms with Crippen molar-refractivity contribution in [3.05, 3.63) is 29.8 Å². The van der Waals surface area contributed by atoms with Gasteiger partial charge in [0.2, 0.25) is 10.0 Å². The van der Waals surface area contributed by atoms with E-state index in [0.717, 1.165) is 5.56 Å². The van der Waals surface area contributed by atoms with E-state index >= 15 is 0 Å². The lowest BCUT2D eigenvalue weighted by Crippen LogP contribution is -2.30. The van der Waals surface area contributed by atoms with Crippen LogP contribution in [0.1, 0.15) is 38.2 Å². The fourth-order valence-electron chi connectivity index (χ4n) is 2.60. The molecule has 2 aliphatic carbocycles. The first-order valence-corrected chi connectivity index (χ1v) is 9.35. The minimum Gasteiger partial charge on any atom is -0.310 e. The Morgan fingerprint density at radius 2 is 1.90 bits per heavy atom. The first-order valence-electron chi connectivity index (χ1n) is 7.87. The van der Waals surface area contributed by atoms with Crippen LogP contribution in [0.15, 0.2) is 29.2 Å². The van der Waals surface area contributed by atoms with Crippen LogP contribution in [0.3, 0.4) is 0 Å². The molecule has 0 saturated heterocycles. The number of nitrogens with one attached hydrogen (secondary N) is 2. The highest BCUT2D eigenvalue weighted by Gasteiger charge is 2.29. The van der Waals surface area contributed by atoms with Gasteiger partial charge in [-0.15, -0.1) is 0 Å². The van der Waals surface area contributed by atoms with E-state index < -0.39 is 10.0 Å². The van der Waals surface area contributed by atoms with E-state index in [0.29, 0.717) is 35.9 Å². The van der Waals surface area contributed by atoms with Crippen LogP contribution >= 0.6 is 0 Å². The predicted octanol–water partition coefficient (Wildman–Crippen LogP) is 2.26. The van der Waals surface area contributed by atoms with E-state index in [1.54, 1.807) is 12.1 Å². The Morgan fingerprint density at radius 3 is 2.57 bits per heavy atom. The Hall–Kier alpha value is -0.910. The largest absolute Gasteiger partial charge is 0.310 e. The maximum atomic E-state index is 12.5. The smallest absolute Gasteiger partial charge is 0.240 e. The van der Waals surface area contributed by atoms with Gasteiger partial charge in [-0.3, -0.25) is 0 Å². The van der Waals surface area contributed by atoms with Gasteiger partial charge in [0, 0.05) is 19.1 Å². The molecule has 0 bridgehead atoms. The molecule has 3 rings (SSSR count). The first kappa shape index (κ1) is 15.0. The van der Waals surface area contributed by atoms with Crippen LogP contribution in [0, 0.1) is 11.8 Å². The SMILES string of the molecule is CC(CNS(=O)(=O)c1ccccc1CNC1CC1)C1CC1. The number of hydrogen-bond donors (Lipinski definition) is 2. The van der Waals surface area contributed by atoms with Gasteiger partial charge in [0.25, 0.3) is 0 Å². The summed E-state index contributed by atoms with van der Waals surface area (Å²) in [7, 11) is -3.41. The van der Waals surface area contributed by atoms with Gasteiger partial charge < -0.3 is 5.32 Å². The van der Waals surface area contributed by atoms with E-state index in [9.17, 15) is 8.42 Å². The van der Waals surface area contributed by atoms with Crippen molar-refractivity contribution in [2.45, 2.75) is 50.1 Å². The summed E-state index contributed by atoms with van der Waals surface area (Å²) in [6.45, 7) is 3.29. The van der Waals surface area contributed by atoms with E-state index in [4.69, 9.17) is 0 Å². The third-order valence-electron chi connectivity index (χ3n) is 4.44. The third kappa shape index (κ3) is 4.05. The van der Waals surface area contributed by atoms with Crippen LogP contribution in [-0.2, 0) is 16.6 Å². The maximum absolute atomic E-state index is 12.5. The summed E-state index contributed by atoms with van der Waals surface area (Å²) in [5.41, 5.74) is 0.857. The molecule has 0 radical (unpaired) electrons. The van der Waals surface area contributed by atoms with Crippen molar-refractivity contribution < 1.29 is 8.42 Å². The van der Waals surface area contributed by atoms with Crippen molar-refractivity contribution in [1.29, 1.82) is 0 Å². The van der Waals surface area contributed by atoms with Crippen LogP contribution in [0.5, 0.6) is 0 Å². The Morgan fingerprint density at radius 1 is 1.19 bits per heavy atom. The fourth-order valence-corrected chi connectivity index (χ4v) is 3.99. The highest BCUT2D eigenvalue weighted by atomic mass is 32.2. The van der Waals surface area contributed by atoms with Gasteiger partial charge in [0.05, 0.1) is 4.90 Å². The van der Waals surface area contributed by atoms with Crippen LogP contribution in [0.2, 0.25) is 0 Å². The summed E-state index contributed by atoms with van der Waals surface area (Å²) >= 11 is 0. The average molecular weight is 308 g/mol. The van der Waals surface area contributed by atoms with Crippen LogP contribution in [0.4, 0.5) is 0 Å². The molecular weight excluding hydrogens is 284 g/mol. The van der Waals surface area contributed by atoms with Crippen molar-refractivity contribution in [2.75, 3.05) is 6.54 Å². The third-order valence-corrected chi connectivity index (χ3v) is 5.97. The summed E-state index contributed by atoms with van der Waals surface area (Å²) in [5, 5.41) is 3.39. The molecule has 0 heterocycles. The Balaban J connectivity index is 1.67. The lowest BCUT2D eigenvalue weighted by molar-refractivity contribution is 0.491. The monoisotopic (exact) mass is 308 g/mol. The molecule has 116 valence electrons. The Labute approximate surface area is 127 Å². The fraction of sp³-hybridized carbons (Fsp3) is 0.625. The second kappa shape index (κ2) is 6.07. The topological polar surface area (TPSA) is 58.2 Å². The lowest BCUT2D eigenvalue weighted by Gasteiger charge is -2.14. The quantitative estimate of drug-likeness (QED) is 0.774. The van der Waals surface area contributed by atoms with Crippen LogP contribution in [0.25, 0.3) is 0 Å². The Kier molecular flexibility index (Phi) is 4.33. The van der Waals surface area contributed by atoms with Gasteiger partial charge >= 0.3 is 0 Å². The molecule has 1 aromatic rings. The zero-order valence-corrected chi connectivity index (χ0v) is 13.3. The summed E-state index contributed by atoms with van der Waals surface area (Å²) in [5.74, 6) is 1.14. The molecular formula is C16H24N2O2S. The van der Waals surface area contributed by atoms with Crippen molar-refractivity contribution in [3.63, 3.8) is 0 Å². The molecule has 1 aromatic carbocycles. The molecule has 4 nitrogen and oxygen atoms in total. The van der Waals surface area contributed by atoms with Crippen LogP contribution < -0.4 is 10.0 Å². The van der Waals surface area contributed by atoms with Gasteiger partial charge in [-0.25, -0.2) is 13.1 Å². The molecule has 0 aromatic heterocycles. The molecule has 1 atom stereocenters. The minimum absolute atomic E-state index is 0.418. The normalized spacial score (nSPS) is 20.4. The predicted molar refractivity (Wildman–Crippen MR) is 83.4 cm³/mol. The second-order valence-electron chi connectivity index (χ2n) is 6.43. The zero-order valence-electron chi connectivity index (χ0n) is 12.5.